The van der Waals surface area contributed by atoms with Gasteiger partial charge in [0.05, 0.1) is 5.76 Å². The van der Waals surface area contributed by atoms with Crippen molar-refractivity contribution < 1.29 is 9.53 Å². The van der Waals surface area contributed by atoms with Gasteiger partial charge in [0.1, 0.15) is 0 Å². The minimum absolute atomic E-state index is 0.194. The quantitative estimate of drug-likeness (QED) is 0.521. The van der Waals surface area contributed by atoms with Crippen LogP contribution in [0, 0.1) is 0 Å². The molecule has 0 fully saturated rings. The highest BCUT2D eigenvalue weighted by molar-refractivity contribution is 5.57. The molecule has 2 nitrogen and oxygen atoms in total. The van der Waals surface area contributed by atoms with Crippen LogP contribution in [-0.2, 0) is 9.53 Å². The van der Waals surface area contributed by atoms with Gasteiger partial charge in [-0.1, -0.05) is 6.92 Å². The van der Waals surface area contributed by atoms with Crippen LogP contribution in [0.3, 0.4) is 0 Å². The lowest BCUT2D eigenvalue weighted by molar-refractivity contribution is -0.114. The van der Waals surface area contributed by atoms with Crippen LogP contribution in [0.5, 0.6) is 0 Å². The lowest BCUT2D eigenvalue weighted by atomic mass is 10.3. The normalized spacial score (nSPS) is 25.0. The van der Waals surface area contributed by atoms with Gasteiger partial charge in [-0.2, -0.15) is 0 Å². The Hall–Kier alpha value is -0.790. The van der Waals surface area contributed by atoms with Crippen molar-refractivity contribution >= 4 is 6.29 Å². The molecule has 0 radical (unpaired) electrons. The highest BCUT2D eigenvalue weighted by Crippen LogP contribution is 2.17. The number of aldehydes is 1. The average Bonchev–Trinajstić information content (AvgIpc) is 2.34. The first-order valence-corrected chi connectivity index (χ1v) is 3.17. The second kappa shape index (κ2) is 2.67. The Bertz CT molecular complexity index is 138. The fraction of sp³-hybridized carbons (Fsp3) is 0.571. The first-order chi connectivity index (χ1) is 4.36. The van der Waals surface area contributed by atoms with E-state index in [2.05, 4.69) is 0 Å². The van der Waals surface area contributed by atoms with E-state index in [9.17, 15) is 4.79 Å². The Morgan fingerprint density at radius 3 is 3.11 bits per heavy atom. The highest BCUT2D eigenvalue weighted by Gasteiger charge is 2.14. The molecule has 2 heteroatoms. The van der Waals surface area contributed by atoms with E-state index >= 15 is 0 Å². The largest absolute Gasteiger partial charge is 0.487 e. The molecule has 1 atom stereocenters. The molecule has 1 rings (SSSR count). The van der Waals surface area contributed by atoms with Crippen molar-refractivity contribution in [2.75, 3.05) is 0 Å². The predicted molar refractivity (Wildman–Crippen MR) is 33.9 cm³/mol. The molecular formula is C7H10O2. The average molecular weight is 126 g/mol. The van der Waals surface area contributed by atoms with E-state index in [0.717, 1.165) is 24.9 Å². The Balaban J connectivity index is 2.39. The highest BCUT2D eigenvalue weighted by atomic mass is 16.5. The van der Waals surface area contributed by atoms with Crippen LogP contribution in [0.15, 0.2) is 11.8 Å². The molecule has 0 amide bonds. The molecule has 0 saturated heterocycles. The third-order valence-corrected chi connectivity index (χ3v) is 1.38. The molecule has 0 aromatic carbocycles. The summed E-state index contributed by atoms with van der Waals surface area (Å²) in [7, 11) is 0. The summed E-state index contributed by atoms with van der Waals surface area (Å²) in [5, 5.41) is 0. The summed E-state index contributed by atoms with van der Waals surface area (Å²) in [5.41, 5.74) is 0. The van der Waals surface area contributed by atoms with Gasteiger partial charge in [0, 0.05) is 12.8 Å². The van der Waals surface area contributed by atoms with Crippen LogP contribution in [0.4, 0.5) is 0 Å². The summed E-state index contributed by atoms with van der Waals surface area (Å²) in [6, 6.07) is 0. The fourth-order valence-electron chi connectivity index (χ4n) is 0.849. The number of hydrogen-bond donors (Lipinski definition) is 0. The molecule has 1 heterocycles. The summed E-state index contributed by atoms with van der Waals surface area (Å²) < 4.78 is 5.15. The number of rotatable bonds is 2. The first kappa shape index (κ1) is 6.33. The summed E-state index contributed by atoms with van der Waals surface area (Å²) in [4.78, 5) is 10.1. The van der Waals surface area contributed by atoms with Gasteiger partial charge >= 0.3 is 0 Å². The number of hydrogen-bond acceptors (Lipinski definition) is 2. The SMILES string of the molecule is CCC1=CCC(C=O)O1. The zero-order chi connectivity index (χ0) is 6.69. The lowest BCUT2D eigenvalue weighted by Crippen LogP contribution is -2.06. The van der Waals surface area contributed by atoms with Gasteiger partial charge in [0.2, 0.25) is 0 Å². The molecule has 9 heavy (non-hydrogen) atoms. The molecule has 1 aliphatic heterocycles. The number of carbonyl (C=O) groups is 1. The topological polar surface area (TPSA) is 26.3 Å². The van der Waals surface area contributed by atoms with E-state index in [1.807, 2.05) is 13.0 Å². The van der Waals surface area contributed by atoms with Gasteiger partial charge in [-0.15, -0.1) is 0 Å². The Kier molecular flexibility index (Phi) is 1.88. The zero-order valence-corrected chi connectivity index (χ0v) is 5.46. The molecule has 0 spiro atoms. The Labute approximate surface area is 54.5 Å². The molecular weight excluding hydrogens is 116 g/mol. The molecule has 1 unspecified atom stereocenters. The minimum atomic E-state index is -0.194. The van der Waals surface area contributed by atoms with Crippen molar-refractivity contribution in [2.24, 2.45) is 0 Å². The Morgan fingerprint density at radius 1 is 2.00 bits per heavy atom. The number of carbonyl (C=O) groups excluding carboxylic acids is 1. The van der Waals surface area contributed by atoms with E-state index in [-0.39, 0.29) is 6.10 Å². The molecule has 0 N–H and O–H groups in total. The maximum absolute atomic E-state index is 10.1. The molecule has 1 aliphatic rings. The molecule has 0 aliphatic carbocycles. The minimum Gasteiger partial charge on any atom is -0.487 e. The number of ether oxygens (including phenoxy) is 1. The summed E-state index contributed by atoms with van der Waals surface area (Å²) >= 11 is 0. The van der Waals surface area contributed by atoms with Crippen molar-refractivity contribution in [2.45, 2.75) is 25.9 Å². The van der Waals surface area contributed by atoms with Crippen LogP contribution in [0.1, 0.15) is 19.8 Å². The maximum Gasteiger partial charge on any atom is 0.160 e. The lowest BCUT2D eigenvalue weighted by Gasteiger charge is -2.03. The Morgan fingerprint density at radius 2 is 2.78 bits per heavy atom. The molecule has 50 valence electrons. The van der Waals surface area contributed by atoms with Crippen LogP contribution < -0.4 is 0 Å². The van der Waals surface area contributed by atoms with Gasteiger partial charge in [-0.25, -0.2) is 0 Å². The fourth-order valence-corrected chi connectivity index (χ4v) is 0.849. The number of allylic oxidation sites excluding steroid dienone is 1. The molecule has 0 bridgehead atoms. The van der Waals surface area contributed by atoms with Crippen LogP contribution in [0.25, 0.3) is 0 Å². The summed E-state index contributed by atoms with van der Waals surface area (Å²) in [6.45, 7) is 2.01. The van der Waals surface area contributed by atoms with E-state index in [4.69, 9.17) is 4.74 Å². The van der Waals surface area contributed by atoms with E-state index < -0.39 is 0 Å². The van der Waals surface area contributed by atoms with Gasteiger partial charge in [-0.3, -0.25) is 4.79 Å². The van der Waals surface area contributed by atoms with Gasteiger partial charge in [0.25, 0.3) is 0 Å². The molecule has 0 saturated carbocycles. The van der Waals surface area contributed by atoms with Crippen LogP contribution in [-0.4, -0.2) is 12.4 Å². The second-order valence-corrected chi connectivity index (χ2v) is 2.05. The zero-order valence-electron chi connectivity index (χ0n) is 5.46. The van der Waals surface area contributed by atoms with Crippen molar-refractivity contribution in [3.8, 4) is 0 Å². The van der Waals surface area contributed by atoms with Gasteiger partial charge < -0.3 is 4.74 Å². The van der Waals surface area contributed by atoms with Crippen molar-refractivity contribution in [3.05, 3.63) is 11.8 Å². The van der Waals surface area contributed by atoms with Gasteiger partial charge in [-0.05, 0) is 6.08 Å². The molecule has 0 aromatic rings. The van der Waals surface area contributed by atoms with E-state index in [1.54, 1.807) is 0 Å². The summed E-state index contributed by atoms with van der Waals surface area (Å²) in [6.07, 6.45) is 4.27. The standard InChI is InChI=1S/C7H10O2/c1-2-6-3-4-7(5-8)9-6/h3,5,7H,2,4H2,1H3. The monoisotopic (exact) mass is 126 g/mol. The predicted octanol–water partition coefficient (Wildman–Crippen LogP) is 1.27. The van der Waals surface area contributed by atoms with E-state index in [1.165, 1.54) is 0 Å². The van der Waals surface area contributed by atoms with Crippen molar-refractivity contribution in [1.82, 2.24) is 0 Å². The third kappa shape index (κ3) is 1.31. The first-order valence-electron chi connectivity index (χ1n) is 3.17. The van der Waals surface area contributed by atoms with Crippen molar-refractivity contribution in [1.29, 1.82) is 0 Å². The van der Waals surface area contributed by atoms with Crippen LogP contribution >= 0.6 is 0 Å². The van der Waals surface area contributed by atoms with E-state index in [0.29, 0.717) is 0 Å². The van der Waals surface area contributed by atoms with Gasteiger partial charge in [0.15, 0.2) is 12.4 Å². The maximum atomic E-state index is 10.1. The smallest absolute Gasteiger partial charge is 0.160 e. The molecule has 0 aromatic heterocycles. The van der Waals surface area contributed by atoms with Crippen LogP contribution in [0.2, 0.25) is 0 Å². The third-order valence-electron chi connectivity index (χ3n) is 1.38. The van der Waals surface area contributed by atoms with Crippen molar-refractivity contribution in [3.63, 3.8) is 0 Å². The summed E-state index contributed by atoms with van der Waals surface area (Å²) in [5.74, 6) is 0.951. The second-order valence-electron chi connectivity index (χ2n) is 2.05.